The summed E-state index contributed by atoms with van der Waals surface area (Å²) in [6.07, 6.45) is 0.197. The van der Waals surface area contributed by atoms with Gasteiger partial charge in [0.05, 0.1) is 6.42 Å². The molecule has 3 aromatic rings. The lowest BCUT2D eigenvalue weighted by molar-refractivity contribution is -0.115. The standard InChI is InChI=1S/C19H20N2O2/c1-12(2)14-9-6-7-13(3)19(14)20-18(22)11-16-15-8-4-5-10-17(15)23-21-16/h4-10,12H,11H2,1-3H3,(H,20,22). The first-order valence-electron chi connectivity index (χ1n) is 7.79. The van der Waals surface area contributed by atoms with Gasteiger partial charge >= 0.3 is 0 Å². The molecule has 0 unspecified atom stereocenters. The number of benzene rings is 2. The monoisotopic (exact) mass is 308 g/mol. The van der Waals surface area contributed by atoms with Gasteiger partial charge < -0.3 is 9.84 Å². The minimum atomic E-state index is -0.0831. The van der Waals surface area contributed by atoms with Crippen LogP contribution in [0.5, 0.6) is 0 Å². The minimum Gasteiger partial charge on any atom is -0.356 e. The SMILES string of the molecule is Cc1cccc(C(C)C)c1NC(=O)Cc1noc2ccccc12. The van der Waals surface area contributed by atoms with Crippen molar-refractivity contribution in [2.24, 2.45) is 0 Å². The second-order valence-electron chi connectivity index (χ2n) is 6.04. The smallest absolute Gasteiger partial charge is 0.230 e. The lowest BCUT2D eigenvalue weighted by atomic mass is 9.98. The molecule has 0 aliphatic carbocycles. The molecule has 4 heteroatoms. The van der Waals surface area contributed by atoms with E-state index < -0.39 is 0 Å². The molecule has 0 bridgehead atoms. The fourth-order valence-electron chi connectivity index (χ4n) is 2.74. The van der Waals surface area contributed by atoms with Gasteiger partial charge in [0.25, 0.3) is 0 Å². The third-order valence-electron chi connectivity index (χ3n) is 3.97. The van der Waals surface area contributed by atoms with Crippen LogP contribution in [0.25, 0.3) is 11.0 Å². The van der Waals surface area contributed by atoms with E-state index in [0.717, 1.165) is 22.2 Å². The van der Waals surface area contributed by atoms with Crippen molar-refractivity contribution in [2.45, 2.75) is 33.1 Å². The molecule has 3 rings (SSSR count). The van der Waals surface area contributed by atoms with Crippen molar-refractivity contribution in [3.05, 3.63) is 59.3 Å². The summed E-state index contributed by atoms with van der Waals surface area (Å²) in [6.45, 7) is 6.25. The maximum absolute atomic E-state index is 12.5. The number of aromatic nitrogens is 1. The first kappa shape index (κ1) is 15.3. The predicted molar refractivity (Wildman–Crippen MR) is 91.6 cm³/mol. The number of nitrogens with one attached hydrogen (secondary N) is 1. The summed E-state index contributed by atoms with van der Waals surface area (Å²) in [5.74, 6) is 0.262. The molecule has 4 nitrogen and oxygen atoms in total. The summed E-state index contributed by atoms with van der Waals surface area (Å²) < 4.78 is 5.26. The number of rotatable bonds is 4. The van der Waals surface area contributed by atoms with Crippen LogP contribution in [0.3, 0.4) is 0 Å². The highest BCUT2D eigenvalue weighted by atomic mass is 16.5. The first-order valence-corrected chi connectivity index (χ1v) is 7.79. The maximum Gasteiger partial charge on any atom is 0.230 e. The number of hydrogen-bond acceptors (Lipinski definition) is 3. The van der Waals surface area contributed by atoms with E-state index in [-0.39, 0.29) is 12.3 Å². The number of carbonyl (C=O) groups excluding carboxylic acids is 1. The normalized spacial score (nSPS) is 11.1. The molecule has 0 spiro atoms. The number of amides is 1. The molecule has 118 valence electrons. The Balaban J connectivity index is 1.83. The van der Waals surface area contributed by atoms with E-state index in [4.69, 9.17) is 4.52 Å². The molecule has 0 atom stereocenters. The molecule has 2 aromatic carbocycles. The van der Waals surface area contributed by atoms with Crippen LogP contribution in [0.1, 0.15) is 36.6 Å². The molecule has 0 saturated heterocycles. The van der Waals surface area contributed by atoms with Crippen molar-refractivity contribution in [2.75, 3.05) is 5.32 Å². The molecular weight excluding hydrogens is 288 g/mol. The zero-order chi connectivity index (χ0) is 16.4. The fraction of sp³-hybridized carbons (Fsp3) is 0.263. The van der Waals surface area contributed by atoms with Crippen LogP contribution in [0.15, 0.2) is 47.0 Å². The van der Waals surface area contributed by atoms with Gasteiger partial charge in [0.1, 0.15) is 5.69 Å². The molecule has 1 N–H and O–H groups in total. The Kier molecular flexibility index (Phi) is 4.15. The van der Waals surface area contributed by atoms with Gasteiger partial charge in [-0.2, -0.15) is 0 Å². The number of aryl methyl sites for hydroxylation is 1. The predicted octanol–water partition coefficient (Wildman–Crippen LogP) is 4.44. The lowest BCUT2D eigenvalue weighted by Gasteiger charge is -2.16. The molecule has 0 aliphatic rings. The molecule has 0 radical (unpaired) electrons. The van der Waals surface area contributed by atoms with Crippen LogP contribution < -0.4 is 5.32 Å². The Morgan fingerprint density at radius 2 is 1.96 bits per heavy atom. The van der Waals surface area contributed by atoms with Crippen LogP contribution in [0, 0.1) is 6.92 Å². The van der Waals surface area contributed by atoms with E-state index in [1.165, 1.54) is 0 Å². The number of nitrogens with zero attached hydrogens (tertiary/aromatic N) is 1. The first-order chi connectivity index (χ1) is 11.1. The van der Waals surface area contributed by atoms with E-state index in [1.54, 1.807) is 0 Å². The van der Waals surface area contributed by atoms with Crippen LogP contribution in [0.2, 0.25) is 0 Å². The van der Waals surface area contributed by atoms with Gasteiger partial charge in [-0.25, -0.2) is 0 Å². The molecular formula is C19H20N2O2. The molecule has 0 fully saturated rings. The number of carbonyl (C=O) groups is 1. The van der Waals surface area contributed by atoms with Crippen molar-refractivity contribution in [3.8, 4) is 0 Å². The third-order valence-corrected chi connectivity index (χ3v) is 3.97. The van der Waals surface area contributed by atoms with Crippen molar-refractivity contribution in [3.63, 3.8) is 0 Å². The van der Waals surface area contributed by atoms with E-state index in [1.807, 2.05) is 43.3 Å². The number of hydrogen-bond donors (Lipinski definition) is 1. The molecule has 1 heterocycles. The second kappa shape index (κ2) is 6.24. The van der Waals surface area contributed by atoms with Crippen LogP contribution in [-0.4, -0.2) is 11.1 Å². The van der Waals surface area contributed by atoms with E-state index in [9.17, 15) is 4.79 Å². The van der Waals surface area contributed by atoms with Crippen LogP contribution >= 0.6 is 0 Å². The van der Waals surface area contributed by atoms with Crippen molar-refractivity contribution >= 4 is 22.6 Å². The average molecular weight is 308 g/mol. The van der Waals surface area contributed by atoms with Gasteiger partial charge in [-0.3, -0.25) is 4.79 Å². The van der Waals surface area contributed by atoms with Gasteiger partial charge in [-0.05, 0) is 36.1 Å². The summed E-state index contributed by atoms with van der Waals surface area (Å²) in [5.41, 5.74) is 4.48. The summed E-state index contributed by atoms with van der Waals surface area (Å²) in [7, 11) is 0. The topological polar surface area (TPSA) is 55.1 Å². The molecule has 0 aliphatic heterocycles. The molecule has 1 aromatic heterocycles. The quantitative estimate of drug-likeness (QED) is 0.775. The van der Waals surface area contributed by atoms with Crippen molar-refractivity contribution in [1.82, 2.24) is 5.16 Å². The van der Waals surface area contributed by atoms with Crippen LogP contribution in [-0.2, 0) is 11.2 Å². The molecule has 1 amide bonds. The summed E-state index contributed by atoms with van der Waals surface area (Å²) in [5, 5.41) is 7.95. The number of fused-ring (bicyclic) bond motifs is 1. The van der Waals surface area contributed by atoms with E-state index >= 15 is 0 Å². The highest BCUT2D eigenvalue weighted by molar-refractivity contribution is 5.95. The van der Waals surface area contributed by atoms with Gasteiger partial charge in [0, 0.05) is 11.1 Å². The minimum absolute atomic E-state index is 0.0831. The highest BCUT2D eigenvalue weighted by Crippen LogP contribution is 2.27. The maximum atomic E-state index is 12.5. The zero-order valence-corrected chi connectivity index (χ0v) is 13.6. The summed E-state index contributed by atoms with van der Waals surface area (Å²) in [4.78, 5) is 12.5. The van der Waals surface area contributed by atoms with Gasteiger partial charge in [0.15, 0.2) is 5.58 Å². The Morgan fingerprint density at radius 1 is 1.17 bits per heavy atom. The van der Waals surface area contributed by atoms with Crippen molar-refractivity contribution in [1.29, 1.82) is 0 Å². The van der Waals surface area contributed by atoms with E-state index in [0.29, 0.717) is 17.2 Å². The summed E-state index contributed by atoms with van der Waals surface area (Å²) in [6, 6.07) is 13.7. The van der Waals surface area contributed by atoms with Gasteiger partial charge in [0.2, 0.25) is 5.91 Å². The largest absolute Gasteiger partial charge is 0.356 e. The Hall–Kier alpha value is -2.62. The van der Waals surface area contributed by atoms with Gasteiger partial charge in [-0.15, -0.1) is 0 Å². The Morgan fingerprint density at radius 3 is 2.74 bits per heavy atom. The van der Waals surface area contributed by atoms with Crippen LogP contribution in [0.4, 0.5) is 5.69 Å². The molecule has 0 saturated carbocycles. The second-order valence-corrected chi connectivity index (χ2v) is 6.04. The lowest BCUT2D eigenvalue weighted by Crippen LogP contribution is -2.17. The average Bonchev–Trinajstić information content (AvgIpc) is 2.92. The third kappa shape index (κ3) is 3.11. The van der Waals surface area contributed by atoms with E-state index in [2.05, 4.69) is 30.4 Å². The fourth-order valence-corrected chi connectivity index (χ4v) is 2.74. The Bertz CT molecular complexity index is 849. The molecule has 23 heavy (non-hydrogen) atoms. The number of para-hydroxylation sites is 2. The van der Waals surface area contributed by atoms with Crippen molar-refractivity contribution < 1.29 is 9.32 Å². The zero-order valence-electron chi connectivity index (χ0n) is 13.6. The summed E-state index contributed by atoms with van der Waals surface area (Å²) >= 11 is 0. The highest BCUT2D eigenvalue weighted by Gasteiger charge is 2.15. The number of anilines is 1. The Labute approximate surface area is 135 Å². The van der Waals surface area contributed by atoms with Gasteiger partial charge in [-0.1, -0.05) is 49.3 Å².